The van der Waals surface area contributed by atoms with Crippen LogP contribution in [-0.4, -0.2) is 66.5 Å². The maximum absolute atomic E-state index is 12.2. The molecule has 0 unspecified atom stereocenters. The van der Waals surface area contributed by atoms with Crippen molar-refractivity contribution in [3.05, 3.63) is 34.2 Å². The molecule has 7 nitrogen and oxygen atoms in total. The summed E-state index contributed by atoms with van der Waals surface area (Å²) in [5, 5.41) is 0. The summed E-state index contributed by atoms with van der Waals surface area (Å²) in [4.78, 5) is 40.7. The van der Waals surface area contributed by atoms with Crippen LogP contribution in [0.5, 0.6) is 0 Å². The lowest BCUT2D eigenvalue weighted by Gasteiger charge is -2.34. The molecule has 20 heavy (non-hydrogen) atoms. The van der Waals surface area contributed by atoms with Crippen molar-refractivity contribution in [3.8, 4) is 0 Å². The van der Waals surface area contributed by atoms with Gasteiger partial charge in [-0.05, 0) is 6.07 Å². The van der Waals surface area contributed by atoms with Gasteiger partial charge in [0.1, 0.15) is 0 Å². The Bertz CT molecular complexity index is 547. The molecule has 1 aliphatic rings. The van der Waals surface area contributed by atoms with Gasteiger partial charge >= 0.3 is 5.97 Å². The summed E-state index contributed by atoms with van der Waals surface area (Å²) in [5.41, 5.74) is 0.0929. The normalized spacial score (nSPS) is 15.9. The fourth-order valence-electron chi connectivity index (χ4n) is 2.12. The van der Waals surface area contributed by atoms with Crippen molar-refractivity contribution in [1.82, 2.24) is 14.8 Å². The number of pyridine rings is 1. The van der Waals surface area contributed by atoms with E-state index in [1.807, 2.05) is 4.90 Å². The largest absolute Gasteiger partial charge is 0.468 e. The fourth-order valence-corrected chi connectivity index (χ4v) is 2.12. The number of aromatic nitrogens is 1. The Hall–Kier alpha value is -2.15. The molecule has 0 bridgehead atoms. The number of H-pyrrole nitrogens is 1. The van der Waals surface area contributed by atoms with E-state index in [2.05, 4.69) is 9.72 Å². The summed E-state index contributed by atoms with van der Waals surface area (Å²) >= 11 is 0. The lowest BCUT2D eigenvalue weighted by atomic mass is 10.2. The third-order valence-corrected chi connectivity index (χ3v) is 3.26. The third-order valence-electron chi connectivity index (χ3n) is 3.26. The molecular formula is C13H17N3O4. The number of amides is 1. The summed E-state index contributed by atoms with van der Waals surface area (Å²) in [6.45, 7) is 2.53. The van der Waals surface area contributed by atoms with Crippen molar-refractivity contribution < 1.29 is 14.3 Å². The predicted molar refractivity (Wildman–Crippen MR) is 71.4 cm³/mol. The van der Waals surface area contributed by atoms with E-state index in [0.29, 0.717) is 31.7 Å². The van der Waals surface area contributed by atoms with Crippen LogP contribution in [0.25, 0.3) is 0 Å². The zero-order chi connectivity index (χ0) is 14.5. The van der Waals surface area contributed by atoms with Crippen LogP contribution in [0.3, 0.4) is 0 Å². The molecule has 1 aliphatic heterocycles. The minimum Gasteiger partial charge on any atom is -0.468 e. The maximum atomic E-state index is 12.2. The monoisotopic (exact) mass is 279 g/mol. The van der Waals surface area contributed by atoms with Gasteiger partial charge in [0, 0.05) is 44.0 Å². The molecule has 1 aromatic heterocycles. The first-order chi connectivity index (χ1) is 9.60. The Morgan fingerprint density at radius 1 is 1.30 bits per heavy atom. The maximum Gasteiger partial charge on any atom is 0.319 e. The number of hydrogen-bond donors (Lipinski definition) is 1. The van der Waals surface area contributed by atoms with Gasteiger partial charge in [-0.1, -0.05) is 0 Å². The Kier molecular flexibility index (Phi) is 4.52. The lowest BCUT2D eigenvalue weighted by molar-refractivity contribution is -0.142. The highest BCUT2D eigenvalue weighted by atomic mass is 16.5. The second kappa shape index (κ2) is 6.33. The molecule has 1 N–H and O–H groups in total. The zero-order valence-electron chi connectivity index (χ0n) is 11.3. The minimum absolute atomic E-state index is 0.159. The second-order valence-electron chi connectivity index (χ2n) is 4.59. The van der Waals surface area contributed by atoms with Crippen molar-refractivity contribution in [2.24, 2.45) is 0 Å². The zero-order valence-corrected chi connectivity index (χ0v) is 11.3. The molecule has 108 valence electrons. The molecule has 2 rings (SSSR count). The number of nitrogens with zero attached hydrogens (tertiary/aromatic N) is 2. The summed E-state index contributed by atoms with van der Waals surface area (Å²) in [7, 11) is 1.36. The van der Waals surface area contributed by atoms with E-state index in [1.54, 1.807) is 11.0 Å². The third kappa shape index (κ3) is 3.45. The molecule has 0 radical (unpaired) electrons. The van der Waals surface area contributed by atoms with Crippen LogP contribution in [0.15, 0.2) is 23.1 Å². The molecular weight excluding hydrogens is 262 g/mol. The number of carbonyl (C=O) groups is 2. The highest BCUT2D eigenvalue weighted by molar-refractivity contribution is 5.94. The van der Waals surface area contributed by atoms with Gasteiger partial charge in [-0.3, -0.25) is 19.3 Å². The quantitative estimate of drug-likeness (QED) is 0.740. The van der Waals surface area contributed by atoms with Crippen LogP contribution in [0.4, 0.5) is 0 Å². The minimum atomic E-state index is -0.292. The fraction of sp³-hybridized carbons (Fsp3) is 0.462. The van der Waals surface area contributed by atoms with Crippen molar-refractivity contribution in [2.75, 3.05) is 39.8 Å². The van der Waals surface area contributed by atoms with Gasteiger partial charge < -0.3 is 14.6 Å². The van der Waals surface area contributed by atoms with E-state index in [-0.39, 0.29) is 24.0 Å². The van der Waals surface area contributed by atoms with Gasteiger partial charge in [-0.25, -0.2) is 0 Å². The van der Waals surface area contributed by atoms with E-state index in [9.17, 15) is 14.4 Å². The van der Waals surface area contributed by atoms with Crippen molar-refractivity contribution in [3.63, 3.8) is 0 Å². The van der Waals surface area contributed by atoms with E-state index in [1.165, 1.54) is 19.4 Å². The van der Waals surface area contributed by atoms with Gasteiger partial charge in [-0.2, -0.15) is 0 Å². The highest BCUT2D eigenvalue weighted by Crippen LogP contribution is 2.07. The molecule has 7 heteroatoms. The number of esters is 1. The molecule has 1 saturated heterocycles. The summed E-state index contributed by atoms with van der Waals surface area (Å²) < 4.78 is 4.61. The Morgan fingerprint density at radius 2 is 2.00 bits per heavy atom. The number of ether oxygens (including phenoxy) is 1. The van der Waals surface area contributed by atoms with Crippen molar-refractivity contribution in [2.45, 2.75) is 0 Å². The molecule has 1 amide bonds. The van der Waals surface area contributed by atoms with Gasteiger partial charge in [0.05, 0.1) is 13.7 Å². The molecule has 0 spiro atoms. The number of aromatic amines is 1. The number of rotatable bonds is 3. The first-order valence-corrected chi connectivity index (χ1v) is 6.37. The average molecular weight is 279 g/mol. The van der Waals surface area contributed by atoms with Gasteiger partial charge in [-0.15, -0.1) is 0 Å². The van der Waals surface area contributed by atoms with E-state index in [0.717, 1.165) is 0 Å². The smallest absolute Gasteiger partial charge is 0.319 e. The predicted octanol–water partition coefficient (Wildman–Crippen LogP) is -0.694. The number of piperazine rings is 1. The standard InChI is InChI=1S/C13H17N3O4/c1-20-12(18)9-15-4-6-16(7-5-15)13(19)10-2-3-14-11(17)8-10/h2-3,8H,4-7,9H2,1H3,(H,14,17). The lowest BCUT2D eigenvalue weighted by Crippen LogP contribution is -2.50. The molecule has 1 aromatic rings. The van der Waals surface area contributed by atoms with Gasteiger partial charge in [0.25, 0.3) is 5.91 Å². The SMILES string of the molecule is COC(=O)CN1CCN(C(=O)c2cc[nH]c(=O)c2)CC1. The second-order valence-corrected chi connectivity index (χ2v) is 4.59. The molecule has 2 heterocycles. The van der Waals surface area contributed by atoms with Gasteiger partial charge in [0.15, 0.2) is 0 Å². The average Bonchev–Trinajstić information content (AvgIpc) is 2.47. The number of methoxy groups -OCH3 is 1. The van der Waals surface area contributed by atoms with Crippen LogP contribution in [0.1, 0.15) is 10.4 Å². The molecule has 0 aromatic carbocycles. The number of carbonyl (C=O) groups excluding carboxylic acids is 2. The van der Waals surface area contributed by atoms with Crippen LogP contribution in [-0.2, 0) is 9.53 Å². The van der Waals surface area contributed by atoms with Crippen molar-refractivity contribution in [1.29, 1.82) is 0 Å². The summed E-state index contributed by atoms with van der Waals surface area (Å²) in [5.74, 6) is -0.437. The Labute approximate surface area is 116 Å². The van der Waals surface area contributed by atoms with E-state index >= 15 is 0 Å². The molecule has 0 atom stereocenters. The van der Waals surface area contributed by atoms with E-state index in [4.69, 9.17) is 0 Å². The first-order valence-electron chi connectivity index (χ1n) is 6.37. The Balaban J connectivity index is 1.92. The van der Waals surface area contributed by atoms with E-state index < -0.39 is 0 Å². The summed E-state index contributed by atoms with van der Waals surface area (Å²) in [6, 6.07) is 2.88. The van der Waals surface area contributed by atoms with Crippen LogP contribution >= 0.6 is 0 Å². The topological polar surface area (TPSA) is 82.7 Å². The van der Waals surface area contributed by atoms with Gasteiger partial charge in [0.2, 0.25) is 5.56 Å². The van der Waals surface area contributed by atoms with Crippen LogP contribution in [0, 0.1) is 0 Å². The van der Waals surface area contributed by atoms with Crippen LogP contribution in [0.2, 0.25) is 0 Å². The van der Waals surface area contributed by atoms with Crippen LogP contribution < -0.4 is 5.56 Å². The highest BCUT2D eigenvalue weighted by Gasteiger charge is 2.23. The van der Waals surface area contributed by atoms with Crippen molar-refractivity contribution >= 4 is 11.9 Å². The summed E-state index contributed by atoms with van der Waals surface area (Å²) in [6.07, 6.45) is 1.46. The first kappa shape index (κ1) is 14.3. The molecule has 0 aliphatic carbocycles. The molecule has 1 fully saturated rings. The number of nitrogens with one attached hydrogen (secondary N) is 1. The Morgan fingerprint density at radius 3 is 2.60 bits per heavy atom. The molecule has 0 saturated carbocycles. The number of hydrogen-bond acceptors (Lipinski definition) is 5.